The second-order valence-corrected chi connectivity index (χ2v) is 2.33. The van der Waals surface area contributed by atoms with Gasteiger partial charge in [-0.25, -0.2) is 0 Å². The van der Waals surface area contributed by atoms with E-state index in [0.717, 1.165) is 0 Å². The monoisotopic (exact) mass is 146 g/mol. The van der Waals surface area contributed by atoms with Gasteiger partial charge in [0.1, 0.15) is 0 Å². The van der Waals surface area contributed by atoms with Crippen molar-refractivity contribution >= 4 is 0 Å². The van der Waals surface area contributed by atoms with Gasteiger partial charge in [-0.2, -0.15) is 0 Å². The first-order chi connectivity index (χ1) is 5.22. The zero-order valence-electron chi connectivity index (χ0n) is 7.22. The Morgan fingerprint density at radius 3 is 1.45 bits per heavy atom. The highest BCUT2D eigenvalue weighted by Gasteiger charge is 1.83. The lowest BCUT2D eigenvalue weighted by Gasteiger charge is -1.93. The zero-order chi connectivity index (χ0) is 8.69. The van der Waals surface area contributed by atoms with Gasteiger partial charge in [0.15, 0.2) is 0 Å². The van der Waals surface area contributed by atoms with Crippen molar-refractivity contribution in [2.24, 2.45) is 0 Å². The number of hydrogen-bond donors (Lipinski definition) is 0. The van der Waals surface area contributed by atoms with Crippen LogP contribution >= 0.6 is 0 Å². The Bertz CT molecular complexity index is 219. The molecule has 0 heteroatoms. The normalized spacial score (nSPS) is 7.45. The van der Waals surface area contributed by atoms with E-state index in [4.69, 9.17) is 0 Å². The third kappa shape index (κ3) is 4.19. The van der Waals surface area contributed by atoms with E-state index in [1.54, 1.807) is 0 Å². The van der Waals surface area contributed by atoms with Crippen molar-refractivity contribution in [2.75, 3.05) is 0 Å². The summed E-state index contributed by atoms with van der Waals surface area (Å²) in [6.45, 7) is 10.5. The van der Waals surface area contributed by atoms with Crippen molar-refractivity contribution in [3.8, 4) is 0 Å². The van der Waals surface area contributed by atoms with Gasteiger partial charge < -0.3 is 0 Å². The molecule has 0 heterocycles. The summed E-state index contributed by atoms with van der Waals surface area (Å²) in [4.78, 5) is 0. The molecular weight excluding hydrogens is 132 g/mol. The highest BCUT2D eigenvalue weighted by atomic mass is 13.9. The smallest absolute Gasteiger partial charge is 0.0395 e. The molecule has 0 saturated carbocycles. The maximum atomic E-state index is 3.12. The lowest BCUT2D eigenvalue weighted by Crippen LogP contribution is -1.74. The van der Waals surface area contributed by atoms with Gasteiger partial charge >= 0.3 is 0 Å². The largest absolute Gasteiger partial charge is 0.137 e. The molecule has 0 atom stereocenters. The first kappa shape index (κ1) is 9.74. The van der Waals surface area contributed by atoms with Gasteiger partial charge in [0, 0.05) is 0 Å². The number of aryl methyl sites for hydroxylation is 2. The van der Waals surface area contributed by atoms with E-state index in [1.807, 2.05) is 0 Å². The van der Waals surface area contributed by atoms with E-state index >= 15 is 0 Å². The summed E-state index contributed by atoms with van der Waals surface area (Å²) < 4.78 is 0. The fourth-order valence-electron chi connectivity index (χ4n) is 0.663. The summed E-state index contributed by atoms with van der Waals surface area (Å²) in [5.41, 5.74) is 4.99. The molecule has 1 aromatic rings. The van der Waals surface area contributed by atoms with Crippen LogP contribution in [0.5, 0.6) is 0 Å². The third-order valence-electron chi connectivity index (χ3n) is 1.43. The Hall–Kier alpha value is -1.26. The Morgan fingerprint density at radius 1 is 1.00 bits per heavy atom. The predicted octanol–water partition coefficient (Wildman–Crippen LogP) is 3.26. The molecule has 0 spiro atoms. The molecule has 0 bridgehead atoms. The molecule has 0 N–H and O–H groups in total. The van der Waals surface area contributed by atoms with Gasteiger partial charge in [0.25, 0.3) is 0 Å². The van der Waals surface area contributed by atoms with E-state index in [2.05, 4.69) is 57.0 Å². The van der Waals surface area contributed by atoms with Crippen LogP contribution in [-0.2, 0) is 0 Å². The molecule has 0 aliphatic carbocycles. The van der Waals surface area contributed by atoms with Crippen LogP contribution < -0.4 is 0 Å². The van der Waals surface area contributed by atoms with Crippen molar-refractivity contribution in [1.82, 2.24) is 0 Å². The molecule has 0 nitrogen and oxygen atoms in total. The Morgan fingerprint density at radius 2 is 1.27 bits per heavy atom. The molecule has 0 aliphatic heterocycles. The number of benzene rings is 1. The minimum Gasteiger partial charge on any atom is -0.137 e. The first-order valence-electron chi connectivity index (χ1n) is 3.53. The highest BCUT2D eigenvalue weighted by Crippen LogP contribution is 2.02. The quantitative estimate of drug-likeness (QED) is 0.493. The van der Waals surface area contributed by atoms with Gasteiger partial charge in [-0.1, -0.05) is 37.4 Å². The van der Waals surface area contributed by atoms with E-state index in [-0.39, 0.29) is 0 Å². The summed E-state index contributed by atoms with van der Waals surface area (Å²) in [5.74, 6) is 0. The van der Waals surface area contributed by atoms with Crippen LogP contribution in [0.2, 0.25) is 0 Å². The summed E-state index contributed by atoms with van der Waals surface area (Å²) in [6.07, 6.45) is 0. The van der Waals surface area contributed by atoms with E-state index < -0.39 is 0 Å². The van der Waals surface area contributed by atoms with Gasteiger partial charge in [-0.3, -0.25) is 0 Å². The molecule has 1 aromatic carbocycles. The summed E-state index contributed by atoms with van der Waals surface area (Å²) in [7, 11) is 0. The summed E-state index contributed by atoms with van der Waals surface area (Å²) in [5, 5.41) is 0. The van der Waals surface area contributed by atoms with Crippen LogP contribution in [0.3, 0.4) is 0 Å². The molecule has 1 rings (SSSR count). The van der Waals surface area contributed by atoms with Crippen molar-refractivity contribution < 1.29 is 0 Å². The first-order valence-corrected chi connectivity index (χ1v) is 3.53. The topological polar surface area (TPSA) is 0 Å². The molecule has 0 radical (unpaired) electrons. The average molecular weight is 146 g/mol. The number of rotatable bonds is 0. The fourth-order valence-corrected chi connectivity index (χ4v) is 0.663. The van der Waals surface area contributed by atoms with Gasteiger partial charge in [0.2, 0.25) is 0 Å². The van der Waals surface area contributed by atoms with E-state index in [1.165, 1.54) is 11.1 Å². The standard InChI is InChI=1S/C8H10.C3H4/c1-7-5-3-4-6-8(7)2;1-3-2/h3-6H,1-2H3;1-2H2. The van der Waals surface area contributed by atoms with Crippen LogP contribution in [0.15, 0.2) is 43.2 Å². The van der Waals surface area contributed by atoms with E-state index in [9.17, 15) is 0 Å². The number of hydrogen-bond acceptors (Lipinski definition) is 0. The van der Waals surface area contributed by atoms with Crippen LogP contribution in [0.4, 0.5) is 0 Å². The van der Waals surface area contributed by atoms with Crippen molar-refractivity contribution in [2.45, 2.75) is 13.8 Å². The maximum Gasteiger partial charge on any atom is -0.0395 e. The minimum absolute atomic E-state index is 1.37. The SMILES string of the molecule is C=C=C.Cc1ccccc1C. The van der Waals surface area contributed by atoms with Crippen LogP contribution in [0.1, 0.15) is 11.1 Å². The predicted molar refractivity (Wildman–Crippen MR) is 50.7 cm³/mol. The average Bonchev–Trinajstić information content (AvgIpc) is 1.97. The van der Waals surface area contributed by atoms with Crippen molar-refractivity contribution in [3.63, 3.8) is 0 Å². The minimum atomic E-state index is 1.37. The zero-order valence-corrected chi connectivity index (χ0v) is 7.22. The fraction of sp³-hybridized carbons (Fsp3) is 0.182. The van der Waals surface area contributed by atoms with Crippen molar-refractivity contribution in [1.29, 1.82) is 0 Å². The van der Waals surface area contributed by atoms with Gasteiger partial charge in [0.05, 0.1) is 0 Å². The molecule has 0 saturated heterocycles. The summed E-state index contributed by atoms with van der Waals surface area (Å²) in [6, 6.07) is 8.36. The molecule has 0 amide bonds. The second-order valence-electron chi connectivity index (χ2n) is 2.33. The lowest BCUT2D eigenvalue weighted by molar-refractivity contribution is 1.34. The van der Waals surface area contributed by atoms with Crippen LogP contribution in [-0.4, -0.2) is 0 Å². The molecule has 0 aliphatic rings. The molecule has 0 aromatic heterocycles. The van der Waals surface area contributed by atoms with Crippen molar-refractivity contribution in [3.05, 3.63) is 54.3 Å². The molecule has 58 valence electrons. The third-order valence-corrected chi connectivity index (χ3v) is 1.43. The van der Waals surface area contributed by atoms with Crippen LogP contribution in [0, 0.1) is 13.8 Å². The van der Waals surface area contributed by atoms with Gasteiger partial charge in [-0.05, 0) is 25.0 Å². The molecular formula is C11H14. The van der Waals surface area contributed by atoms with E-state index in [0.29, 0.717) is 0 Å². The second kappa shape index (κ2) is 5.52. The van der Waals surface area contributed by atoms with Crippen LogP contribution in [0.25, 0.3) is 0 Å². The molecule has 11 heavy (non-hydrogen) atoms. The van der Waals surface area contributed by atoms with Gasteiger partial charge in [-0.15, -0.1) is 5.73 Å². The lowest BCUT2D eigenvalue weighted by atomic mass is 10.1. The summed E-state index contributed by atoms with van der Waals surface area (Å²) >= 11 is 0. The molecule has 0 fully saturated rings. The Balaban J connectivity index is 0.000000292. The highest BCUT2D eigenvalue weighted by molar-refractivity contribution is 5.23. The Kier molecular flexibility index (Phi) is 4.89. The Labute approximate surface area is 68.9 Å². The maximum absolute atomic E-state index is 3.12. The molecule has 0 unspecified atom stereocenters.